The van der Waals surface area contributed by atoms with Crippen LogP contribution >= 0.6 is 11.8 Å². The van der Waals surface area contributed by atoms with Crippen LogP contribution in [0.15, 0.2) is 93.6 Å². The number of nitrogens with zero attached hydrogens (tertiary/aromatic N) is 3. The zero-order chi connectivity index (χ0) is 18.1. The van der Waals surface area contributed by atoms with Crippen molar-refractivity contribution >= 4 is 33.8 Å². The smallest absolute Gasteiger partial charge is 0.267 e. The summed E-state index contributed by atoms with van der Waals surface area (Å²) in [6, 6.07) is 19.6. The number of rotatable bonds is 4. The molecule has 5 rings (SSSR count). The molecule has 0 saturated carbocycles. The second-order valence-electron chi connectivity index (χ2n) is 5.81. The molecule has 5 nitrogen and oxygen atoms in total. The topological polar surface area (TPSA) is 61.0 Å². The van der Waals surface area contributed by atoms with Gasteiger partial charge in [0.1, 0.15) is 23.2 Å². The van der Waals surface area contributed by atoms with E-state index in [0.29, 0.717) is 17.2 Å². The maximum atomic E-state index is 5.96. The van der Waals surface area contributed by atoms with E-state index in [1.54, 1.807) is 24.2 Å². The predicted molar refractivity (Wildman–Crippen MR) is 104 cm³/mol. The summed E-state index contributed by atoms with van der Waals surface area (Å²) in [5, 5.41) is 0.948. The van der Waals surface area contributed by atoms with Crippen molar-refractivity contribution in [3.05, 3.63) is 79.4 Å². The van der Waals surface area contributed by atoms with E-state index >= 15 is 0 Å². The third-order valence-electron chi connectivity index (χ3n) is 4.05. The van der Waals surface area contributed by atoms with E-state index in [9.17, 15) is 0 Å². The standard InChI is InChI=1S/C21H13N3O2S/c1-2-4-18-17(3-1)19-20(26-18)21(24-13-23-19)25-14-5-7-15(8-6-14)27-16-9-11-22-12-10-16/h1-13H. The first-order chi connectivity index (χ1) is 13.4. The monoisotopic (exact) mass is 371 g/mol. The van der Waals surface area contributed by atoms with Crippen molar-refractivity contribution in [3.8, 4) is 11.6 Å². The maximum Gasteiger partial charge on any atom is 0.267 e. The first-order valence-electron chi connectivity index (χ1n) is 8.35. The molecule has 130 valence electrons. The number of aromatic nitrogens is 3. The third-order valence-corrected chi connectivity index (χ3v) is 5.06. The molecule has 2 aromatic carbocycles. The number of para-hydroxylation sites is 1. The lowest BCUT2D eigenvalue weighted by molar-refractivity contribution is 0.456. The van der Waals surface area contributed by atoms with Crippen LogP contribution in [0.1, 0.15) is 0 Å². The number of hydrogen-bond donors (Lipinski definition) is 0. The summed E-state index contributed by atoms with van der Waals surface area (Å²) in [7, 11) is 0. The molecule has 0 radical (unpaired) electrons. The fraction of sp³-hybridized carbons (Fsp3) is 0. The Bertz CT molecular complexity index is 1220. The molecule has 27 heavy (non-hydrogen) atoms. The van der Waals surface area contributed by atoms with Gasteiger partial charge in [0.25, 0.3) is 5.88 Å². The van der Waals surface area contributed by atoms with Gasteiger partial charge in [0, 0.05) is 27.6 Å². The van der Waals surface area contributed by atoms with Gasteiger partial charge in [-0.15, -0.1) is 0 Å². The molecular weight excluding hydrogens is 358 g/mol. The van der Waals surface area contributed by atoms with Crippen LogP contribution in [0.25, 0.3) is 22.1 Å². The summed E-state index contributed by atoms with van der Waals surface area (Å²) >= 11 is 1.67. The van der Waals surface area contributed by atoms with Crippen molar-refractivity contribution in [2.45, 2.75) is 9.79 Å². The number of benzene rings is 2. The summed E-state index contributed by atoms with van der Waals surface area (Å²) in [5.74, 6) is 1.10. The van der Waals surface area contributed by atoms with Crippen molar-refractivity contribution < 1.29 is 9.15 Å². The van der Waals surface area contributed by atoms with E-state index in [4.69, 9.17) is 9.15 Å². The Hall–Kier alpha value is -3.38. The lowest BCUT2D eigenvalue weighted by Gasteiger charge is -2.06. The molecular formula is C21H13N3O2S. The highest BCUT2D eigenvalue weighted by atomic mass is 32.2. The van der Waals surface area contributed by atoms with Crippen molar-refractivity contribution in [3.63, 3.8) is 0 Å². The molecule has 0 atom stereocenters. The van der Waals surface area contributed by atoms with E-state index in [-0.39, 0.29) is 0 Å². The van der Waals surface area contributed by atoms with E-state index in [1.165, 1.54) is 6.33 Å². The average Bonchev–Trinajstić information content (AvgIpc) is 3.10. The Morgan fingerprint density at radius 3 is 2.44 bits per heavy atom. The first-order valence-corrected chi connectivity index (χ1v) is 9.16. The lowest BCUT2D eigenvalue weighted by Crippen LogP contribution is -1.89. The first kappa shape index (κ1) is 15.8. The number of fused-ring (bicyclic) bond motifs is 3. The van der Waals surface area contributed by atoms with Crippen LogP contribution in [0, 0.1) is 0 Å². The number of hydrogen-bond acceptors (Lipinski definition) is 6. The second kappa shape index (κ2) is 6.74. The molecule has 5 aromatic rings. The predicted octanol–water partition coefficient (Wildman–Crippen LogP) is 5.71. The molecule has 0 saturated heterocycles. The van der Waals surface area contributed by atoms with Crippen LogP contribution in [0.2, 0.25) is 0 Å². The largest absolute Gasteiger partial charge is 0.449 e. The minimum Gasteiger partial charge on any atom is -0.449 e. The Morgan fingerprint density at radius 1 is 0.815 bits per heavy atom. The minimum absolute atomic E-state index is 0.408. The van der Waals surface area contributed by atoms with Gasteiger partial charge in [0.05, 0.1) is 0 Å². The fourth-order valence-electron chi connectivity index (χ4n) is 2.81. The highest BCUT2D eigenvalue weighted by Crippen LogP contribution is 2.34. The van der Waals surface area contributed by atoms with E-state index in [0.717, 1.165) is 26.3 Å². The van der Waals surface area contributed by atoms with Crippen LogP contribution in [-0.2, 0) is 0 Å². The van der Waals surface area contributed by atoms with Crippen LogP contribution in [0.4, 0.5) is 0 Å². The van der Waals surface area contributed by atoms with Gasteiger partial charge in [-0.2, -0.15) is 4.98 Å². The van der Waals surface area contributed by atoms with Gasteiger partial charge in [-0.3, -0.25) is 4.98 Å². The molecule has 0 amide bonds. The fourth-order valence-corrected chi connectivity index (χ4v) is 3.61. The second-order valence-corrected chi connectivity index (χ2v) is 6.96. The minimum atomic E-state index is 0.408. The number of ether oxygens (including phenoxy) is 1. The summed E-state index contributed by atoms with van der Waals surface area (Å²) in [5.41, 5.74) is 2.07. The van der Waals surface area contributed by atoms with Gasteiger partial charge < -0.3 is 9.15 Å². The summed E-state index contributed by atoms with van der Waals surface area (Å²) in [6.07, 6.45) is 5.06. The van der Waals surface area contributed by atoms with Gasteiger partial charge in [-0.25, -0.2) is 4.98 Å². The normalized spacial score (nSPS) is 11.1. The van der Waals surface area contributed by atoms with E-state index in [1.807, 2.05) is 60.7 Å². The zero-order valence-corrected chi connectivity index (χ0v) is 14.9. The van der Waals surface area contributed by atoms with Crippen molar-refractivity contribution in [1.82, 2.24) is 15.0 Å². The zero-order valence-electron chi connectivity index (χ0n) is 14.1. The molecule has 6 heteroatoms. The van der Waals surface area contributed by atoms with Crippen LogP contribution in [0.5, 0.6) is 11.6 Å². The van der Waals surface area contributed by atoms with E-state index < -0.39 is 0 Å². The molecule has 0 spiro atoms. The SMILES string of the molecule is c1ccc2c(c1)oc1c(Oc3ccc(Sc4ccncc4)cc3)ncnc12. The van der Waals surface area contributed by atoms with Gasteiger partial charge in [0.2, 0.25) is 5.58 Å². The van der Waals surface area contributed by atoms with Gasteiger partial charge in [-0.05, 0) is 48.5 Å². The van der Waals surface area contributed by atoms with E-state index in [2.05, 4.69) is 15.0 Å². The van der Waals surface area contributed by atoms with Gasteiger partial charge in [0.15, 0.2) is 0 Å². The quantitative estimate of drug-likeness (QED) is 0.403. The molecule has 0 unspecified atom stereocenters. The van der Waals surface area contributed by atoms with Crippen LogP contribution in [-0.4, -0.2) is 15.0 Å². The molecule has 0 aliphatic rings. The lowest BCUT2D eigenvalue weighted by atomic mass is 10.2. The summed E-state index contributed by atoms with van der Waals surface area (Å²) in [4.78, 5) is 14.9. The molecule has 0 bridgehead atoms. The Labute approximate surface area is 159 Å². The maximum absolute atomic E-state index is 5.96. The molecule has 0 aliphatic carbocycles. The van der Waals surface area contributed by atoms with Crippen molar-refractivity contribution in [1.29, 1.82) is 0 Å². The molecule has 0 fully saturated rings. The Morgan fingerprint density at radius 2 is 1.59 bits per heavy atom. The highest BCUT2D eigenvalue weighted by Gasteiger charge is 2.14. The third kappa shape index (κ3) is 3.11. The Kier molecular flexibility index (Phi) is 3.95. The van der Waals surface area contributed by atoms with Gasteiger partial charge in [-0.1, -0.05) is 23.9 Å². The van der Waals surface area contributed by atoms with Gasteiger partial charge >= 0.3 is 0 Å². The Balaban J connectivity index is 1.43. The number of pyridine rings is 1. The number of furan rings is 1. The van der Waals surface area contributed by atoms with Crippen molar-refractivity contribution in [2.75, 3.05) is 0 Å². The highest BCUT2D eigenvalue weighted by molar-refractivity contribution is 7.99. The van der Waals surface area contributed by atoms with Crippen LogP contribution in [0.3, 0.4) is 0 Å². The molecule has 0 aliphatic heterocycles. The average molecular weight is 371 g/mol. The van der Waals surface area contributed by atoms with Crippen molar-refractivity contribution in [2.24, 2.45) is 0 Å². The summed E-state index contributed by atoms with van der Waals surface area (Å²) < 4.78 is 11.9. The molecule has 3 aromatic heterocycles. The molecule has 3 heterocycles. The molecule has 0 N–H and O–H groups in total. The van der Waals surface area contributed by atoms with Crippen LogP contribution < -0.4 is 4.74 Å². The summed E-state index contributed by atoms with van der Waals surface area (Å²) in [6.45, 7) is 0.